The number of carbonyl (C=O) groups is 10. The molecule has 5 aromatic rings. The van der Waals surface area contributed by atoms with Gasteiger partial charge in [0.1, 0.15) is 41.7 Å². The van der Waals surface area contributed by atoms with Crippen molar-refractivity contribution in [3.05, 3.63) is 135 Å². The third kappa shape index (κ3) is 24.5. The van der Waals surface area contributed by atoms with Crippen molar-refractivity contribution < 1.29 is 71.6 Å². The lowest BCUT2D eigenvalue weighted by molar-refractivity contribution is -0.161. The van der Waals surface area contributed by atoms with Crippen LogP contribution in [-0.2, 0) is 55.9 Å². The smallest absolute Gasteiger partial charge is 0.415 e. The normalized spacial score (nSPS) is 15.2. The Labute approximate surface area is 614 Å². The first-order valence-electron chi connectivity index (χ1n) is 35.9. The highest BCUT2D eigenvalue weighted by molar-refractivity contribution is 7.09. The predicted octanol–water partition coefficient (Wildman–Crippen LogP) is 10.9. The zero-order valence-corrected chi connectivity index (χ0v) is 62.8. The lowest BCUT2D eigenvalue weighted by atomic mass is 9.92. The number of hydrogen-bond acceptors (Lipinski definition) is 18. The highest BCUT2D eigenvalue weighted by atomic mass is 32.1. The number of primary amides is 1. The minimum atomic E-state index is -1.03. The van der Waals surface area contributed by atoms with Gasteiger partial charge in [-0.05, 0) is 133 Å². The highest BCUT2D eigenvalue weighted by Crippen LogP contribution is 2.44. The number of hydrogen-bond donors (Lipinski definition) is 6. The van der Waals surface area contributed by atoms with E-state index >= 15 is 4.79 Å². The van der Waals surface area contributed by atoms with E-state index in [2.05, 4.69) is 26.6 Å². The van der Waals surface area contributed by atoms with Crippen molar-refractivity contribution in [3.8, 4) is 16.9 Å². The lowest BCUT2D eigenvalue weighted by Crippen LogP contribution is -2.59. The molecular formula is C77H105N11O15S. The first-order valence-corrected chi connectivity index (χ1v) is 36.8. The number of alkyl carbamates (subject to hydrolysis) is 1. The zero-order chi connectivity index (χ0) is 75.7. The molecule has 0 radical (unpaired) electrons. The van der Waals surface area contributed by atoms with Gasteiger partial charge in [0.15, 0.2) is 12.8 Å². The van der Waals surface area contributed by atoms with Crippen LogP contribution in [0.5, 0.6) is 5.75 Å². The Bertz CT molecular complexity index is 3670. The molecule has 26 nitrogen and oxygen atoms in total. The molecular weight excluding hydrogens is 1350 g/mol. The second-order valence-corrected chi connectivity index (χ2v) is 29.1. The van der Waals surface area contributed by atoms with Gasteiger partial charge in [0.05, 0.1) is 6.04 Å². The van der Waals surface area contributed by atoms with Gasteiger partial charge < -0.3 is 70.7 Å². The number of nitrogens with one attached hydrogen (secondary N) is 5. The summed E-state index contributed by atoms with van der Waals surface area (Å²) in [5, 5.41) is 16.1. The molecule has 0 saturated carbocycles. The Morgan fingerprint density at radius 2 is 1.38 bits per heavy atom. The topological polar surface area (TPSA) is 329 Å². The number of urea groups is 1. The molecule has 9 amide bonds. The maximum absolute atomic E-state index is 15.0. The van der Waals surface area contributed by atoms with Crippen molar-refractivity contribution in [2.75, 3.05) is 66.0 Å². The summed E-state index contributed by atoms with van der Waals surface area (Å²) in [6, 6.07) is 25.3. The van der Waals surface area contributed by atoms with Gasteiger partial charge in [0.25, 0.3) is 5.91 Å². The van der Waals surface area contributed by atoms with E-state index in [1.807, 2.05) is 116 Å². The molecule has 1 aliphatic carbocycles. The summed E-state index contributed by atoms with van der Waals surface area (Å²) < 4.78 is 28.7. The van der Waals surface area contributed by atoms with Gasteiger partial charge in [-0.15, -0.1) is 11.3 Å². The van der Waals surface area contributed by atoms with Crippen LogP contribution in [0.4, 0.5) is 24.9 Å². The number of rotatable bonds is 36. The van der Waals surface area contributed by atoms with Gasteiger partial charge in [0, 0.05) is 82.6 Å². The van der Waals surface area contributed by atoms with Crippen molar-refractivity contribution in [1.82, 2.24) is 45.9 Å². The van der Waals surface area contributed by atoms with E-state index in [4.69, 9.17) is 34.4 Å². The maximum Gasteiger partial charge on any atom is 0.415 e. The average molecular weight is 1460 g/mol. The van der Waals surface area contributed by atoms with E-state index < -0.39 is 91.0 Å². The SMILES string of the molecule is CCC(C)C(NC(=O)C1CCCCN1C)C(=O)N(COC(=O)CC(C)C)C(CC(OC(C)=O)c1nc(C(=O)NC(Cc2ccc(OC(=O)N(C)CCN(C)C(=O)OCc3ccc(NC(=O)[C@@H](CCCNC(N)=O)NC(=O)OCC4c5ccccc5-c5ccccc54)cc3)cc2)CC(C)C)cs1)C(C)C. The summed E-state index contributed by atoms with van der Waals surface area (Å²) >= 11 is 1.14. The predicted molar refractivity (Wildman–Crippen MR) is 395 cm³/mol. The Morgan fingerprint density at radius 1 is 0.740 bits per heavy atom. The van der Waals surface area contributed by atoms with Crippen LogP contribution in [-0.4, -0.2) is 175 Å². The second-order valence-electron chi connectivity index (χ2n) is 28.2. The average Bonchev–Trinajstić information content (AvgIpc) is 1.66. The summed E-state index contributed by atoms with van der Waals surface area (Å²) in [5.74, 6) is -3.05. The molecule has 564 valence electrons. The Kier molecular flexibility index (Phi) is 31.3. The van der Waals surface area contributed by atoms with Gasteiger partial charge in [-0.1, -0.05) is 141 Å². The van der Waals surface area contributed by atoms with E-state index in [1.54, 1.807) is 53.9 Å². The number of nitrogens with two attached hydrogens (primary N) is 1. The van der Waals surface area contributed by atoms with E-state index in [9.17, 15) is 43.2 Å². The van der Waals surface area contributed by atoms with Gasteiger partial charge in [-0.2, -0.15) is 0 Å². The molecule has 6 unspecified atom stereocenters. The molecule has 2 aliphatic rings. The fourth-order valence-corrected chi connectivity index (χ4v) is 13.5. The fourth-order valence-electron chi connectivity index (χ4n) is 12.7. The van der Waals surface area contributed by atoms with E-state index in [-0.39, 0.29) is 105 Å². The monoisotopic (exact) mass is 1460 g/mol. The number of ether oxygens (including phenoxy) is 5. The molecule has 27 heteroatoms. The summed E-state index contributed by atoms with van der Waals surface area (Å²) in [6.07, 6.45) is 1.65. The molecule has 7 rings (SSSR count). The molecule has 7 atom stereocenters. The minimum absolute atomic E-state index is 0.00417. The number of fused-ring (bicyclic) bond motifs is 3. The number of anilines is 1. The van der Waals surface area contributed by atoms with Crippen LogP contribution in [0.3, 0.4) is 0 Å². The fraction of sp³-hybridized carbons (Fsp3) is 0.519. The minimum Gasteiger partial charge on any atom is -0.455 e. The van der Waals surface area contributed by atoms with Crippen molar-refractivity contribution in [2.24, 2.45) is 29.4 Å². The number of thiazole rings is 1. The number of aromatic nitrogens is 1. The van der Waals surface area contributed by atoms with Crippen LogP contribution in [0.15, 0.2) is 102 Å². The summed E-state index contributed by atoms with van der Waals surface area (Å²) in [4.78, 5) is 145. The van der Waals surface area contributed by atoms with Gasteiger partial charge >= 0.3 is 36.2 Å². The van der Waals surface area contributed by atoms with Gasteiger partial charge in [0.2, 0.25) is 17.7 Å². The van der Waals surface area contributed by atoms with E-state index in [0.29, 0.717) is 48.4 Å². The second kappa shape index (κ2) is 39.9. The summed E-state index contributed by atoms with van der Waals surface area (Å²) in [5.41, 5.74) is 11.4. The van der Waals surface area contributed by atoms with Gasteiger partial charge in [-0.3, -0.25) is 33.7 Å². The lowest BCUT2D eigenvalue weighted by Gasteiger charge is -2.39. The molecule has 7 N–H and O–H groups in total. The third-order valence-electron chi connectivity index (χ3n) is 18.6. The van der Waals surface area contributed by atoms with E-state index in [0.717, 1.165) is 58.5 Å². The van der Waals surface area contributed by atoms with Crippen molar-refractivity contribution in [1.29, 1.82) is 0 Å². The number of amides is 9. The number of benzene rings is 4. The summed E-state index contributed by atoms with van der Waals surface area (Å²) in [6.45, 7) is 17.5. The molecule has 1 aromatic heterocycles. The molecule has 1 fully saturated rings. The van der Waals surface area contributed by atoms with Crippen LogP contribution < -0.4 is 37.1 Å². The number of piperidine rings is 1. The molecule has 1 aliphatic heterocycles. The van der Waals surface area contributed by atoms with E-state index in [1.165, 1.54) is 35.7 Å². The highest BCUT2D eigenvalue weighted by Gasteiger charge is 2.40. The number of likely N-dealkylation sites (tertiary alicyclic amines) is 1. The molecule has 4 aromatic carbocycles. The zero-order valence-electron chi connectivity index (χ0n) is 62.0. The van der Waals surface area contributed by atoms with Crippen LogP contribution in [0.1, 0.15) is 170 Å². The van der Waals surface area contributed by atoms with Crippen molar-refractivity contribution in [2.45, 2.75) is 175 Å². The number of carbonyl (C=O) groups excluding carboxylic acids is 10. The number of nitrogens with zero attached hydrogens (tertiary/aromatic N) is 5. The summed E-state index contributed by atoms with van der Waals surface area (Å²) in [7, 11) is 4.98. The molecule has 0 spiro atoms. The maximum atomic E-state index is 15.0. The molecule has 2 heterocycles. The van der Waals surface area contributed by atoms with Crippen LogP contribution in [0.2, 0.25) is 0 Å². The molecule has 104 heavy (non-hydrogen) atoms. The van der Waals surface area contributed by atoms with Crippen molar-refractivity contribution in [3.63, 3.8) is 0 Å². The standard InChI is InChI=1S/C77H105N11O15S/c1-13-50(8)68(84-71(93)64-26-18-19-36-85(64)10)73(94)88(46-101-67(90)40-48(4)5)65(49(6)7)42-66(102-51(9)89)72-82-63(45-104-72)70(92)81-55(39-47(2)3)41-52-29-33-56(34-30-52)103-77(98)87(12)38-37-86(11)76(97)100-43-53-27-31-54(32-28-53)80-69(91)62(25-20-35-79-74(78)95)83-75(96)99-44-61-59-23-16-14-21-57(59)58-22-15-17-24-60(58)61/h14-17,21-24,27-34,45,47-50,55,61-62,64-66,68H,13,18-20,25-26,35-44,46H2,1-12H3,(H,80,91)(H,81,92)(H,83,96)(H,84,93)(H3,78,79,95)/t50?,55?,62-,64?,65?,66?,68?/m1/s1. The number of esters is 2. The van der Waals surface area contributed by atoms with Crippen LogP contribution in [0.25, 0.3) is 11.1 Å². The molecule has 1 saturated heterocycles. The Morgan fingerprint density at radius 3 is 1.99 bits per heavy atom. The van der Waals surface area contributed by atoms with Crippen LogP contribution in [0, 0.1) is 23.7 Å². The molecule has 0 bridgehead atoms. The quantitative estimate of drug-likeness (QED) is 0.00939. The van der Waals surface area contributed by atoms with Gasteiger partial charge in [-0.25, -0.2) is 24.2 Å². The first-order chi connectivity index (χ1) is 49.6. The number of likely N-dealkylation sites (N-methyl/N-ethyl adjacent to an activating group) is 3. The van der Waals surface area contributed by atoms with Crippen molar-refractivity contribution >= 4 is 76.9 Å². The Balaban J connectivity index is 0.888. The Hall–Kier alpha value is -9.63. The third-order valence-corrected chi connectivity index (χ3v) is 19.6. The first kappa shape index (κ1) is 81.7. The van der Waals surface area contributed by atoms with Crippen LogP contribution >= 0.6 is 11.3 Å². The largest absolute Gasteiger partial charge is 0.455 e.